The summed E-state index contributed by atoms with van der Waals surface area (Å²) in [6, 6.07) is 35.7. The number of benzene rings is 4. The second-order valence-corrected chi connectivity index (χ2v) is 24.2. The number of rotatable bonds is 13. The molecule has 0 saturated carbocycles. The maximum Gasteiger partial charge on any atom is 0.103 e. The molecule has 0 saturated heterocycles. The topological polar surface area (TPSA) is 24.4 Å². The minimum Gasteiger partial charge on any atom is -0.349 e. The fourth-order valence-corrected chi connectivity index (χ4v) is 19.4. The standard InChI is InChI=1S/C40H54N2P2S/c1-10-11-28-43(33-20-14-12-15-21-33,41-39-35(29(2)3)24-18-25-36(39)30(4)5)44(45,34-22-16-13-17-23-34)42-40-37(31(6)7)26-19-27-38(40)32(8)9/h12-27,29-32H,10-11,28H2,1-9H3,(H,42,45). The van der Waals surface area contributed by atoms with Crippen molar-refractivity contribution in [3.8, 4) is 0 Å². The van der Waals surface area contributed by atoms with Gasteiger partial charge in [0, 0.05) is 11.0 Å². The van der Waals surface area contributed by atoms with Gasteiger partial charge in [0.2, 0.25) is 0 Å². The lowest BCUT2D eigenvalue weighted by molar-refractivity contribution is 0.835. The molecule has 0 aromatic heterocycles. The summed E-state index contributed by atoms with van der Waals surface area (Å²) < 4.78 is 6.23. The van der Waals surface area contributed by atoms with E-state index in [4.69, 9.17) is 16.6 Å². The van der Waals surface area contributed by atoms with Crippen molar-refractivity contribution < 1.29 is 0 Å². The van der Waals surface area contributed by atoms with Gasteiger partial charge in [0.25, 0.3) is 0 Å². The molecule has 1 N–H and O–H groups in total. The first-order valence-corrected chi connectivity index (χ1v) is 22.3. The van der Waals surface area contributed by atoms with Crippen molar-refractivity contribution in [1.82, 2.24) is 0 Å². The van der Waals surface area contributed by atoms with Crippen molar-refractivity contribution in [2.45, 2.75) is 98.8 Å². The molecule has 5 heteroatoms. The smallest absolute Gasteiger partial charge is 0.103 e. The first kappa shape index (κ1) is 35.4. The Balaban J connectivity index is 2.27. The van der Waals surface area contributed by atoms with E-state index in [2.05, 4.69) is 164 Å². The summed E-state index contributed by atoms with van der Waals surface area (Å²) in [5.41, 5.74) is 7.69. The molecule has 2 nitrogen and oxygen atoms in total. The van der Waals surface area contributed by atoms with Crippen LogP contribution in [0.4, 0.5) is 11.4 Å². The van der Waals surface area contributed by atoms with Gasteiger partial charge in [0.1, 0.15) is 5.88 Å². The quantitative estimate of drug-likeness (QED) is 0.145. The largest absolute Gasteiger partial charge is 0.349 e. The zero-order valence-electron chi connectivity index (χ0n) is 28.9. The zero-order valence-corrected chi connectivity index (χ0v) is 31.5. The molecule has 240 valence electrons. The molecule has 2 unspecified atom stereocenters. The third-order valence-electron chi connectivity index (χ3n) is 8.81. The van der Waals surface area contributed by atoms with E-state index in [0.717, 1.165) is 19.0 Å². The first-order chi connectivity index (χ1) is 21.5. The summed E-state index contributed by atoms with van der Waals surface area (Å²) >= 11 is 7.34. The van der Waals surface area contributed by atoms with Gasteiger partial charge in [-0.2, -0.15) is 0 Å². The number of nitrogens with one attached hydrogen (secondary N) is 1. The van der Waals surface area contributed by atoms with Crippen molar-refractivity contribution in [3.63, 3.8) is 0 Å². The Hall–Kier alpha value is -2.44. The number of hydrogen-bond donors (Lipinski definition) is 1. The molecule has 4 rings (SSSR count). The highest BCUT2D eigenvalue weighted by atomic mass is 32.6. The molecule has 0 bridgehead atoms. The summed E-state index contributed by atoms with van der Waals surface area (Å²) in [4.78, 5) is 0. The molecule has 0 aliphatic carbocycles. The number of para-hydroxylation sites is 1. The van der Waals surface area contributed by atoms with E-state index in [1.807, 2.05) is 0 Å². The van der Waals surface area contributed by atoms with Crippen LogP contribution in [-0.4, -0.2) is 6.16 Å². The zero-order chi connectivity index (χ0) is 32.8. The number of nitrogens with zero attached hydrogens (tertiary/aromatic N) is 1. The maximum atomic E-state index is 7.34. The molecule has 0 radical (unpaired) electrons. The van der Waals surface area contributed by atoms with Crippen LogP contribution < -0.4 is 15.7 Å². The van der Waals surface area contributed by atoms with Crippen molar-refractivity contribution in [2.75, 3.05) is 11.2 Å². The Morgan fingerprint density at radius 2 is 1.00 bits per heavy atom. The van der Waals surface area contributed by atoms with Gasteiger partial charge >= 0.3 is 0 Å². The molecule has 2 atom stereocenters. The van der Waals surface area contributed by atoms with Crippen LogP contribution in [0, 0.1) is 0 Å². The average Bonchev–Trinajstić information content (AvgIpc) is 3.03. The van der Waals surface area contributed by atoms with Crippen molar-refractivity contribution >= 4 is 46.4 Å². The van der Waals surface area contributed by atoms with Crippen molar-refractivity contribution in [2.24, 2.45) is 4.74 Å². The highest BCUT2D eigenvalue weighted by molar-refractivity contribution is 8.60. The minimum atomic E-state index is -2.66. The molecule has 4 aromatic rings. The summed E-state index contributed by atoms with van der Waals surface area (Å²) in [5, 5.41) is 6.84. The Labute approximate surface area is 279 Å². The average molecular weight is 657 g/mol. The minimum absolute atomic E-state index is 0.350. The van der Waals surface area contributed by atoms with Crippen LogP contribution in [0.15, 0.2) is 102 Å². The third kappa shape index (κ3) is 7.43. The molecule has 0 aliphatic heterocycles. The van der Waals surface area contributed by atoms with Gasteiger partial charge in [-0.3, -0.25) is 4.74 Å². The van der Waals surface area contributed by atoms with E-state index in [-0.39, 0.29) is 0 Å². The van der Waals surface area contributed by atoms with E-state index in [9.17, 15) is 0 Å². The second kappa shape index (κ2) is 15.4. The maximum absolute atomic E-state index is 7.34. The number of hydrogen-bond acceptors (Lipinski definition) is 2. The lowest BCUT2D eigenvalue weighted by atomic mass is 9.93. The van der Waals surface area contributed by atoms with Gasteiger partial charge in [0.05, 0.1) is 12.4 Å². The van der Waals surface area contributed by atoms with Crippen LogP contribution >= 0.6 is 12.6 Å². The molecule has 0 heterocycles. The van der Waals surface area contributed by atoms with Gasteiger partial charge in [-0.05, 0) is 63.8 Å². The predicted octanol–water partition coefficient (Wildman–Crippen LogP) is 12.9. The fraction of sp³-hybridized carbons (Fsp3) is 0.400. The van der Waals surface area contributed by atoms with Gasteiger partial charge < -0.3 is 5.09 Å². The van der Waals surface area contributed by atoms with Crippen molar-refractivity contribution in [1.29, 1.82) is 0 Å². The SMILES string of the molecule is CCCCP(=Nc1c(C(C)C)cccc1C(C)C)(c1ccccc1)P(=S)(Nc1c(C(C)C)cccc1C(C)C)c1ccccc1. The highest BCUT2D eigenvalue weighted by Crippen LogP contribution is 2.82. The van der Waals surface area contributed by atoms with Gasteiger partial charge in [-0.25, -0.2) is 0 Å². The Kier molecular flexibility index (Phi) is 12.1. The van der Waals surface area contributed by atoms with Crippen molar-refractivity contribution in [3.05, 3.63) is 119 Å². The Morgan fingerprint density at radius 1 is 0.578 bits per heavy atom. The normalized spacial score (nSPS) is 14.5. The van der Waals surface area contributed by atoms with Gasteiger partial charge in [-0.15, -0.1) is 0 Å². The van der Waals surface area contributed by atoms with Crippen LogP contribution in [0.3, 0.4) is 0 Å². The van der Waals surface area contributed by atoms with Crippen LogP contribution in [0.1, 0.15) is 121 Å². The molecular formula is C40H54N2P2S. The Bertz CT molecular complexity index is 1600. The highest BCUT2D eigenvalue weighted by Gasteiger charge is 2.41. The molecule has 0 spiro atoms. The van der Waals surface area contributed by atoms with Gasteiger partial charge in [-0.1, -0.05) is 178 Å². The molecular weight excluding hydrogens is 602 g/mol. The first-order valence-electron chi connectivity index (χ1n) is 16.8. The van der Waals surface area contributed by atoms with E-state index < -0.39 is 12.6 Å². The molecule has 4 aromatic carbocycles. The summed E-state index contributed by atoms with van der Waals surface area (Å²) in [5.74, 6) is -1.24. The van der Waals surface area contributed by atoms with E-state index >= 15 is 0 Å². The van der Waals surface area contributed by atoms with E-state index in [1.165, 1.54) is 44.2 Å². The summed E-state index contributed by atoms with van der Waals surface area (Å²) in [6.07, 6.45) is 3.14. The molecule has 0 aliphatic rings. The van der Waals surface area contributed by atoms with Crippen LogP contribution in [0.25, 0.3) is 0 Å². The molecule has 0 amide bonds. The fourth-order valence-electron chi connectivity index (χ4n) is 6.24. The van der Waals surface area contributed by atoms with Gasteiger partial charge in [0.15, 0.2) is 0 Å². The lowest BCUT2D eigenvalue weighted by Gasteiger charge is -2.40. The predicted molar refractivity (Wildman–Crippen MR) is 208 cm³/mol. The number of anilines is 1. The monoisotopic (exact) mass is 656 g/mol. The molecule has 0 fully saturated rings. The van der Waals surface area contributed by atoms with E-state index in [1.54, 1.807) is 0 Å². The van der Waals surface area contributed by atoms with E-state index in [0.29, 0.717) is 23.7 Å². The van der Waals surface area contributed by atoms with Crippen LogP contribution in [0.2, 0.25) is 0 Å². The van der Waals surface area contributed by atoms with Crippen LogP contribution in [-0.2, 0) is 11.8 Å². The summed E-state index contributed by atoms with van der Waals surface area (Å²) in [7, 11) is 0. The lowest BCUT2D eigenvalue weighted by Crippen LogP contribution is -2.21. The molecule has 45 heavy (non-hydrogen) atoms. The third-order valence-corrected chi connectivity index (χ3v) is 22.5. The number of unbranched alkanes of at least 4 members (excludes halogenated alkanes) is 1. The summed E-state index contributed by atoms with van der Waals surface area (Å²) in [6.45, 7) is 18.2. The van der Waals surface area contributed by atoms with Crippen LogP contribution in [0.5, 0.6) is 0 Å². The Morgan fingerprint density at radius 3 is 1.42 bits per heavy atom. The second-order valence-electron chi connectivity index (χ2n) is 13.5.